The number of nitrogens with one attached hydrogen (secondary N) is 1. The maximum absolute atomic E-state index is 12.7. The number of carbonyl (C=O) groups is 3. The van der Waals surface area contributed by atoms with Crippen LogP contribution in [0.2, 0.25) is 0 Å². The van der Waals surface area contributed by atoms with Gasteiger partial charge in [0.15, 0.2) is 0 Å². The van der Waals surface area contributed by atoms with Gasteiger partial charge < -0.3 is 19.7 Å². The minimum Gasteiger partial charge on any atom is -0.494 e. The van der Waals surface area contributed by atoms with Crippen molar-refractivity contribution in [1.82, 2.24) is 0 Å². The van der Waals surface area contributed by atoms with Crippen LogP contribution in [0.25, 0.3) is 0 Å². The number of amides is 2. The van der Waals surface area contributed by atoms with Gasteiger partial charge in [0.1, 0.15) is 5.75 Å². The minimum atomic E-state index is -0.581. The van der Waals surface area contributed by atoms with Crippen molar-refractivity contribution in [3.8, 4) is 5.75 Å². The van der Waals surface area contributed by atoms with Crippen molar-refractivity contribution in [2.75, 3.05) is 31.0 Å². The normalized spacial score (nSPS) is 13.8. The third-order valence-electron chi connectivity index (χ3n) is 4.63. The van der Waals surface area contributed by atoms with Crippen molar-refractivity contribution in [3.63, 3.8) is 0 Å². The Hall–Kier alpha value is -3.35. The van der Waals surface area contributed by atoms with E-state index >= 15 is 0 Å². The molecule has 2 aromatic rings. The summed E-state index contributed by atoms with van der Waals surface area (Å²) >= 11 is 0. The molecule has 0 spiro atoms. The molecule has 0 atom stereocenters. The molecule has 0 unspecified atom stereocenters. The van der Waals surface area contributed by atoms with Crippen LogP contribution in [0.15, 0.2) is 42.5 Å². The number of ether oxygens (including phenoxy) is 2. The first-order valence-electron chi connectivity index (χ1n) is 9.02. The fourth-order valence-corrected chi connectivity index (χ4v) is 3.21. The van der Waals surface area contributed by atoms with Crippen LogP contribution in [0.5, 0.6) is 5.75 Å². The number of hydrogen-bond donors (Lipinski definition) is 1. The van der Waals surface area contributed by atoms with Gasteiger partial charge in [-0.25, -0.2) is 4.79 Å². The van der Waals surface area contributed by atoms with Crippen LogP contribution < -0.4 is 15.0 Å². The number of piperidine rings is 1. The zero-order valence-corrected chi connectivity index (χ0v) is 15.9. The van der Waals surface area contributed by atoms with Crippen LogP contribution in [0.1, 0.15) is 40.0 Å². The number of hydrogen-bond acceptors (Lipinski definition) is 5. The topological polar surface area (TPSA) is 84.9 Å². The van der Waals surface area contributed by atoms with E-state index in [1.54, 1.807) is 41.3 Å². The molecule has 0 aliphatic carbocycles. The number of benzene rings is 2. The van der Waals surface area contributed by atoms with E-state index in [9.17, 15) is 14.4 Å². The second-order valence-electron chi connectivity index (χ2n) is 6.38. The lowest BCUT2D eigenvalue weighted by atomic mass is 10.1. The summed E-state index contributed by atoms with van der Waals surface area (Å²) in [6.45, 7) is 0.646. The predicted octanol–water partition coefficient (Wildman–Crippen LogP) is 3.25. The molecule has 0 aromatic heterocycles. The van der Waals surface area contributed by atoms with Gasteiger partial charge in [-0.05, 0) is 37.1 Å². The molecule has 7 nitrogen and oxygen atoms in total. The highest BCUT2D eigenvalue weighted by Gasteiger charge is 2.23. The van der Waals surface area contributed by atoms with Gasteiger partial charge in [-0.15, -0.1) is 0 Å². The molecule has 3 rings (SSSR count). The zero-order valence-electron chi connectivity index (χ0n) is 15.9. The molecule has 28 heavy (non-hydrogen) atoms. The Kier molecular flexibility index (Phi) is 5.93. The largest absolute Gasteiger partial charge is 0.494 e. The van der Waals surface area contributed by atoms with E-state index in [2.05, 4.69) is 5.32 Å². The molecule has 0 saturated carbocycles. The Bertz CT molecular complexity index is 909. The van der Waals surface area contributed by atoms with Crippen LogP contribution in [0, 0.1) is 0 Å². The van der Waals surface area contributed by atoms with Crippen molar-refractivity contribution >= 4 is 29.2 Å². The third kappa shape index (κ3) is 3.98. The van der Waals surface area contributed by atoms with Crippen LogP contribution in [-0.2, 0) is 9.53 Å². The highest BCUT2D eigenvalue weighted by molar-refractivity contribution is 6.11. The number of methoxy groups -OCH3 is 2. The summed E-state index contributed by atoms with van der Waals surface area (Å²) < 4.78 is 10.2. The number of carbonyl (C=O) groups excluding carboxylic acids is 3. The van der Waals surface area contributed by atoms with Crippen LogP contribution in [0.3, 0.4) is 0 Å². The van der Waals surface area contributed by atoms with Crippen molar-refractivity contribution in [3.05, 3.63) is 53.6 Å². The summed E-state index contributed by atoms with van der Waals surface area (Å²) in [4.78, 5) is 38.5. The van der Waals surface area contributed by atoms with Gasteiger partial charge in [-0.3, -0.25) is 9.59 Å². The van der Waals surface area contributed by atoms with E-state index < -0.39 is 11.9 Å². The Morgan fingerprint density at radius 1 is 1.04 bits per heavy atom. The molecule has 1 N–H and O–H groups in total. The van der Waals surface area contributed by atoms with Gasteiger partial charge in [0, 0.05) is 24.7 Å². The monoisotopic (exact) mass is 382 g/mol. The molecule has 146 valence electrons. The lowest BCUT2D eigenvalue weighted by Crippen LogP contribution is -2.35. The SMILES string of the molecule is COC(=O)c1ccccc1C(=O)Nc1ccc(N2CCCCC2=O)c(OC)c1. The van der Waals surface area contributed by atoms with E-state index in [-0.39, 0.29) is 17.0 Å². The highest BCUT2D eigenvalue weighted by Crippen LogP contribution is 2.33. The Morgan fingerprint density at radius 2 is 1.79 bits per heavy atom. The van der Waals surface area contributed by atoms with E-state index in [1.807, 2.05) is 0 Å². The van der Waals surface area contributed by atoms with Crippen LogP contribution >= 0.6 is 0 Å². The average Bonchev–Trinajstić information content (AvgIpc) is 2.73. The van der Waals surface area contributed by atoms with Crippen molar-refractivity contribution in [1.29, 1.82) is 0 Å². The molecule has 0 radical (unpaired) electrons. The molecular weight excluding hydrogens is 360 g/mol. The van der Waals surface area contributed by atoms with Crippen molar-refractivity contribution in [2.45, 2.75) is 19.3 Å². The van der Waals surface area contributed by atoms with Gasteiger partial charge in [0.25, 0.3) is 5.91 Å². The molecule has 0 bridgehead atoms. The summed E-state index contributed by atoms with van der Waals surface area (Å²) in [6, 6.07) is 11.5. The Labute approximate surface area is 163 Å². The zero-order chi connectivity index (χ0) is 20.1. The lowest BCUT2D eigenvalue weighted by Gasteiger charge is -2.28. The molecule has 1 aliphatic heterocycles. The number of nitrogens with zero attached hydrogens (tertiary/aromatic N) is 1. The molecule has 1 aliphatic rings. The Morgan fingerprint density at radius 3 is 2.46 bits per heavy atom. The third-order valence-corrected chi connectivity index (χ3v) is 4.63. The molecule has 2 aromatic carbocycles. The minimum absolute atomic E-state index is 0.0633. The maximum atomic E-state index is 12.7. The van der Waals surface area contributed by atoms with Crippen molar-refractivity contribution < 1.29 is 23.9 Å². The van der Waals surface area contributed by atoms with Gasteiger partial charge in [-0.2, -0.15) is 0 Å². The van der Waals surface area contributed by atoms with Gasteiger partial charge >= 0.3 is 5.97 Å². The fourth-order valence-electron chi connectivity index (χ4n) is 3.21. The average molecular weight is 382 g/mol. The van der Waals surface area contributed by atoms with Gasteiger partial charge in [-0.1, -0.05) is 12.1 Å². The summed E-state index contributed by atoms with van der Waals surface area (Å²) in [7, 11) is 2.79. The smallest absolute Gasteiger partial charge is 0.338 e. The van der Waals surface area contributed by atoms with Crippen LogP contribution in [0.4, 0.5) is 11.4 Å². The van der Waals surface area contributed by atoms with Gasteiger partial charge in [0.2, 0.25) is 5.91 Å². The van der Waals surface area contributed by atoms with E-state index in [0.29, 0.717) is 30.1 Å². The van der Waals surface area contributed by atoms with E-state index in [4.69, 9.17) is 9.47 Å². The first-order valence-corrected chi connectivity index (χ1v) is 9.02. The lowest BCUT2D eigenvalue weighted by molar-refractivity contribution is -0.119. The summed E-state index contributed by atoms with van der Waals surface area (Å²) in [5.74, 6) is -0.463. The standard InChI is InChI=1S/C21H22N2O5/c1-27-18-13-14(10-11-17(18)23-12-6-5-9-19(23)24)22-20(25)15-7-3-4-8-16(15)21(26)28-2/h3-4,7-8,10-11,13H,5-6,9,12H2,1-2H3,(H,22,25). The number of rotatable bonds is 5. The second-order valence-corrected chi connectivity index (χ2v) is 6.38. The summed E-state index contributed by atoms with van der Waals surface area (Å²) in [6.07, 6.45) is 2.36. The molecule has 1 heterocycles. The van der Waals surface area contributed by atoms with Crippen LogP contribution in [-0.4, -0.2) is 38.5 Å². The first kappa shape index (κ1) is 19.4. The second kappa shape index (κ2) is 8.56. The molecule has 1 saturated heterocycles. The molecule has 7 heteroatoms. The first-order chi connectivity index (χ1) is 13.5. The summed E-state index contributed by atoms with van der Waals surface area (Å²) in [5.41, 5.74) is 1.57. The summed E-state index contributed by atoms with van der Waals surface area (Å²) in [5, 5.41) is 2.76. The maximum Gasteiger partial charge on any atom is 0.338 e. The molecule has 1 fully saturated rings. The number of anilines is 2. The number of esters is 1. The Balaban J connectivity index is 1.85. The predicted molar refractivity (Wildman–Crippen MR) is 105 cm³/mol. The van der Waals surface area contributed by atoms with E-state index in [1.165, 1.54) is 20.3 Å². The fraction of sp³-hybridized carbons (Fsp3) is 0.286. The highest BCUT2D eigenvalue weighted by atomic mass is 16.5. The van der Waals surface area contributed by atoms with E-state index in [0.717, 1.165) is 12.8 Å². The molecular formula is C21H22N2O5. The molecule has 2 amide bonds. The quantitative estimate of drug-likeness (QED) is 0.803. The van der Waals surface area contributed by atoms with Crippen molar-refractivity contribution in [2.24, 2.45) is 0 Å². The van der Waals surface area contributed by atoms with Gasteiger partial charge in [0.05, 0.1) is 31.0 Å².